The maximum Gasteiger partial charge on any atom is 0.416 e. The molecule has 1 N–H and O–H groups in total. The number of hydrogen-bond acceptors (Lipinski definition) is 3. The van der Waals surface area contributed by atoms with Crippen molar-refractivity contribution in [1.29, 1.82) is 0 Å². The van der Waals surface area contributed by atoms with E-state index in [0.29, 0.717) is 6.07 Å². The van der Waals surface area contributed by atoms with Crippen LogP contribution in [0.15, 0.2) is 12.1 Å². The maximum absolute atomic E-state index is 12.5. The first kappa shape index (κ1) is 15.9. The Kier molecular flexibility index (Phi) is 5.74. The Morgan fingerprint density at radius 1 is 1.32 bits per heavy atom. The van der Waals surface area contributed by atoms with Gasteiger partial charge in [-0.05, 0) is 12.1 Å². The van der Waals surface area contributed by atoms with Gasteiger partial charge in [0.25, 0.3) is 6.43 Å². The SMILES string of the molecule is FC(F)COCCNc1cc(C(F)(F)F)cc(Cl)n1. The number of ether oxygens (including phenoxy) is 1. The van der Waals surface area contributed by atoms with Gasteiger partial charge in [0.2, 0.25) is 0 Å². The van der Waals surface area contributed by atoms with Gasteiger partial charge < -0.3 is 10.1 Å². The number of nitrogens with one attached hydrogen (secondary N) is 1. The van der Waals surface area contributed by atoms with E-state index in [1.165, 1.54) is 0 Å². The highest BCUT2D eigenvalue weighted by Crippen LogP contribution is 2.31. The molecule has 0 radical (unpaired) electrons. The molecule has 1 heterocycles. The Labute approximate surface area is 110 Å². The van der Waals surface area contributed by atoms with Gasteiger partial charge >= 0.3 is 6.18 Å². The minimum Gasteiger partial charge on any atom is -0.374 e. The Morgan fingerprint density at radius 3 is 2.58 bits per heavy atom. The van der Waals surface area contributed by atoms with Crippen molar-refractivity contribution in [3.8, 4) is 0 Å². The molecule has 0 unspecified atom stereocenters. The fourth-order valence-electron chi connectivity index (χ4n) is 1.17. The van der Waals surface area contributed by atoms with Gasteiger partial charge in [-0.1, -0.05) is 11.6 Å². The van der Waals surface area contributed by atoms with Crippen LogP contribution in [0.4, 0.5) is 27.8 Å². The molecule has 0 spiro atoms. The largest absolute Gasteiger partial charge is 0.416 e. The molecule has 0 amide bonds. The molecule has 0 saturated carbocycles. The number of anilines is 1. The summed E-state index contributed by atoms with van der Waals surface area (Å²) in [6.07, 6.45) is -7.11. The molecule has 1 aromatic heterocycles. The van der Waals surface area contributed by atoms with Gasteiger partial charge in [0.15, 0.2) is 0 Å². The number of alkyl halides is 5. The minimum atomic E-state index is -4.53. The molecule has 1 aromatic rings. The van der Waals surface area contributed by atoms with Gasteiger partial charge in [0.05, 0.1) is 12.2 Å². The Hall–Kier alpha value is -1.15. The van der Waals surface area contributed by atoms with Crippen molar-refractivity contribution in [1.82, 2.24) is 4.98 Å². The smallest absolute Gasteiger partial charge is 0.374 e. The third-order valence-electron chi connectivity index (χ3n) is 1.92. The number of rotatable bonds is 6. The third-order valence-corrected chi connectivity index (χ3v) is 2.11. The zero-order valence-corrected chi connectivity index (χ0v) is 10.2. The van der Waals surface area contributed by atoms with E-state index in [1.807, 2.05) is 0 Å². The molecule has 0 aliphatic heterocycles. The van der Waals surface area contributed by atoms with E-state index in [9.17, 15) is 22.0 Å². The van der Waals surface area contributed by atoms with Crippen LogP contribution >= 0.6 is 11.6 Å². The lowest BCUT2D eigenvalue weighted by molar-refractivity contribution is -0.137. The van der Waals surface area contributed by atoms with Gasteiger partial charge in [-0.3, -0.25) is 0 Å². The van der Waals surface area contributed by atoms with Crippen LogP contribution in [0, 0.1) is 0 Å². The summed E-state index contributed by atoms with van der Waals surface area (Å²) in [5.74, 6) is -0.0968. The molecule has 1 rings (SSSR count). The highest BCUT2D eigenvalue weighted by molar-refractivity contribution is 6.29. The van der Waals surface area contributed by atoms with Gasteiger partial charge in [-0.15, -0.1) is 0 Å². The maximum atomic E-state index is 12.5. The van der Waals surface area contributed by atoms with E-state index in [4.69, 9.17) is 11.6 Å². The third kappa shape index (κ3) is 6.02. The fourth-order valence-corrected chi connectivity index (χ4v) is 1.38. The summed E-state index contributed by atoms with van der Waals surface area (Å²) < 4.78 is 65.4. The van der Waals surface area contributed by atoms with E-state index in [-0.39, 0.29) is 24.1 Å². The summed E-state index contributed by atoms with van der Waals surface area (Å²) in [6, 6.07) is 1.47. The van der Waals surface area contributed by atoms with Crippen LogP contribution < -0.4 is 5.32 Å². The topological polar surface area (TPSA) is 34.1 Å². The van der Waals surface area contributed by atoms with Crippen molar-refractivity contribution >= 4 is 17.4 Å². The number of halogens is 6. The summed E-state index contributed by atoms with van der Waals surface area (Å²) >= 11 is 5.46. The molecule has 9 heteroatoms. The van der Waals surface area contributed by atoms with Crippen molar-refractivity contribution in [3.05, 3.63) is 22.8 Å². The van der Waals surface area contributed by atoms with Crippen molar-refractivity contribution in [2.45, 2.75) is 12.6 Å². The standard InChI is InChI=1S/C10H10ClF5N2O/c11-7-3-6(10(14,15)16)4-9(18-7)17-1-2-19-5-8(12)13/h3-4,8H,1-2,5H2,(H,17,18). The van der Waals surface area contributed by atoms with Crippen LogP contribution in [0.3, 0.4) is 0 Å². The quantitative estimate of drug-likeness (QED) is 0.496. The molecule has 0 aliphatic carbocycles. The summed E-state index contributed by atoms with van der Waals surface area (Å²) in [7, 11) is 0. The van der Waals surface area contributed by atoms with Crippen LogP contribution in [-0.4, -0.2) is 31.2 Å². The molecule has 19 heavy (non-hydrogen) atoms. The van der Waals surface area contributed by atoms with E-state index in [1.54, 1.807) is 0 Å². The molecule has 0 aromatic carbocycles. The first-order chi connectivity index (χ1) is 8.79. The minimum absolute atomic E-state index is 0.0390. The van der Waals surface area contributed by atoms with Gasteiger partial charge in [0, 0.05) is 6.54 Å². The Morgan fingerprint density at radius 2 is 2.00 bits per heavy atom. The number of hydrogen-bond donors (Lipinski definition) is 1. The molecular weight excluding hydrogens is 295 g/mol. The lowest BCUT2D eigenvalue weighted by atomic mass is 10.2. The molecular formula is C10H10ClF5N2O. The van der Waals surface area contributed by atoms with Crippen LogP contribution in [-0.2, 0) is 10.9 Å². The molecule has 0 aliphatic rings. The first-order valence-electron chi connectivity index (χ1n) is 5.13. The highest BCUT2D eigenvalue weighted by Gasteiger charge is 2.31. The van der Waals surface area contributed by atoms with Gasteiger partial charge in [0.1, 0.15) is 17.6 Å². The zero-order chi connectivity index (χ0) is 14.5. The average Bonchev–Trinajstić information content (AvgIpc) is 2.26. The van der Waals surface area contributed by atoms with Crippen molar-refractivity contribution in [2.24, 2.45) is 0 Å². The fraction of sp³-hybridized carbons (Fsp3) is 0.500. The van der Waals surface area contributed by atoms with Gasteiger partial charge in [-0.25, -0.2) is 13.8 Å². The summed E-state index contributed by atoms with van der Waals surface area (Å²) in [6.45, 7) is -0.768. The molecule has 0 fully saturated rings. The number of nitrogens with zero attached hydrogens (tertiary/aromatic N) is 1. The Balaban J connectivity index is 2.52. The number of pyridine rings is 1. The van der Waals surface area contributed by atoms with Crippen LogP contribution in [0.25, 0.3) is 0 Å². The van der Waals surface area contributed by atoms with Gasteiger partial charge in [-0.2, -0.15) is 13.2 Å². The van der Waals surface area contributed by atoms with E-state index in [0.717, 1.165) is 6.07 Å². The number of aromatic nitrogens is 1. The monoisotopic (exact) mass is 304 g/mol. The van der Waals surface area contributed by atoms with Crippen molar-refractivity contribution < 1.29 is 26.7 Å². The molecule has 0 bridgehead atoms. The van der Waals surface area contributed by atoms with E-state index < -0.39 is 24.8 Å². The lowest BCUT2D eigenvalue weighted by Crippen LogP contribution is -2.14. The van der Waals surface area contributed by atoms with Crippen molar-refractivity contribution in [2.75, 3.05) is 25.1 Å². The van der Waals surface area contributed by atoms with Crippen LogP contribution in [0.1, 0.15) is 5.56 Å². The van der Waals surface area contributed by atoms with E-state index in [2.05, 4.69) is 15.0 Å². The predicted octanol–water partition coefficient (Wildman–Crippen LogP) is 3.45. The van der Waals surface area contributed by atoms with E-state index >= 15 is 0 Å². The Bertz CT molecular complexity index is 413. The zero-order valence-electron chi connectivity index (χ0n) is 9.48. The molecule has 108 valence electrons. The first-order valence-corrected chi connectivity index (χ1v) is 5.51. The molecule has 3 nitrogen and oxygen atoms in total. The lowest BCUT2D eigenvalue weighted by Gasteiger charge is -2.11. The highest BCUT2D eigenvalue weighted by atomic mass is 35.5. The van der Waals surface area contributed by atoms with Crippen LogP contribution in [0.2, 0.25) is 5.15 Å². The second-order valence-electron chi connectivity index (χ2n) is 3.45. The summed E-state index contributed by atoms with van der Waals surface area (Å²) in [4.78, 5) is 3.63. The second kappa shape index (κ2) is 6.85. The van der Waals surface area contributed by atoms with Crippen molar-refractivity contribution in [3.63, 3.8) is 0 Å². The second-order valence-corrected chi connectivity index (χ2v) is 3.84. The summed E-state index contributed by atoms with van der Waals surface area (Å²) in [5, 5.41) is 2.19. The predicted molar refractivity (Wildman–Crippen MR) is 59.6 cm³/mol. The normalized spacial score (nSPS) is 11.9. The molecule has 0 saturated heterocycles. The molecule has 0 atom stereocenters. The summed E-state index contributed by atoms with van der Waals surface area (Å²) in [5.41, 5.74) is -0.941. The van der Waals surface area contributed by atoms with Crippen LogP contribution in [0.5, 0.6) is 0 Å². The average molecular weight is 305 g/mol.